The number of nitrogens with zero attached hydrogens (tertiary/aromatic N) is 1. The van der Waals surface area contributed by atoms with Crippen molar-refractivity contribution in [2.24, 2.45) is 0 Å². The first-order valence-corrected chi connectivity index (χ1v) is 5.78. The molecule has 2 fully saturated rings. The number of rotatable bonds is 2. The molecule has 3 nitrogen and oxygen atoms in total. The van der Waals surface area contributed by atoms with Crippen LogP contribution in [0.5, 0.6) is 0 Å². The van der Waals surface area contributed by atoms with E-state index in [1.165, 1.54) is 0 Å². The summed E-state index contributed by atoms with van der Waals surface area (Å²) >= 11 is 2.38. The van der Waals surface area contributed by atoms with Crippen LogP contribution in [0.4, 0.5) is 0 Å². The Morgan fingerprint density at radius 2 is 1.92 bits per heavy atom. The summed E-state index contributed by atoms with van der Waals surface area (Å²) in [7, 11) is 0. The maximum atomic E-state index is 9.88. The first kappa shape index (κ1) is 9.18. The van der Waals surface area contributed by atoms with E-state index >= 15 is 0 Å². The van der Waals surface area contributed by atoms with Crippen molar-refractivity contribution < 1.29 is 5.11 Å². The molecule has 0 aromatic rings. The van der Waals surface area contributed by atoms with Crippen LogP contribution >= 0.6 is 22.6 Å². The van der Waals surface area contributed by atoms with Crippen molar-refractivity contribution in [3.05, 3.63) is 0 Å². The molecule has 0 aromatic carbocycles. The van der Waals surface area contributed by atoms with Gasteiger partial charge in [0.15, 0.2) is 0 Å². The van der Waals surface area contributed by atoms with Crippen molar-refractivity contribution in [3.8, 4) is 0 Å². The van der Waals surface area contributed by atoms with Gasteiger partial charge in [-0.1, -0.05) is 22.6 Å². The highest BCUT2D eigenvalue weighted by molar-refractivity contribution is 14.1. The second-order valence-electron chi connectivity index (χ2n) is 3.73. The van der Waals surface area contributed by atoms with E-state index in [0.717, 1.165) is 39.0 Å². The van der Waals surface area contributed by atoms with Crippen LogP contribution in [0.1, 0.15) is 12.8 Å². The molecule has 1 heterocycles. The lowest BCUT2D eigenvalue weighted by Crippen LogP contribution is -2.50. The molecule has 1 saturated carbocycles. The monoisotopic (exact) mass is 282 g/mol. The Morgan fingerprint density at radius 1 is 1.33 bits per heavy atom. The Kier molecular flexibility index (Phi) is 2.60. The van der Waals surface area contributed by atoms with Gasteiger partial charge in [0.1, 0.15) is 0 Å². The summed E-state index contributed by atoms with van der Waals surface area (Å²) in [6.07, 6.45) is 1.98. The van der Waals surface area contributed by atoms with Crippen molar-refractivity contribution in [1.82, 2.24) is 10.2 Å². The third-order valence-corrected chi connectivity index (χ3v) is 4.62. The van der Waals surface area contributed by atoms with Gasteiger partial charge in [-0.2, -0.15) is 0 Å². The topological polar surface area (TPSA) is 35.5 Å². The third kappa shape index (κ3) is 1.76. The number of piperazine rings is 1. The molecule has 1 aliphatic heterocycles. The van der Waals surface area contributed by atoms with Crippen molar-refractivity contribution in [2.75, 3.05) is 26.2 Å². The molecule has 0 unspecified atom stereocenters. The molecule has 0 bridgehead atoms. The number of alkyl halides is 1. The number of hydrogen-bond acceptors (Lipinski definition) is 3. The highest BCUT2D eigenvalue weighted by Crippen LogP contribution is 2.43. The first-order chi connectivity index (χ1) is 5.72. The molecule has 70 valence electrons. The molecule has 2 N–H and O–H groups in total. The zero-order valence-corrected chi connectivity index (χ0v) is 9.25. The van der Waals surface area contributed by atoms with Crippen LogP contribution < -0.4 is 5.32 Å². The van der Waals surface area contributed by atoms with Gasteiger partial charge in [-0.05, 0) is 12.8 Å². The highest BCUT2D eigenvalue weighted by atomic mass is 127. The fourth-order valence-corrected chi connectivity index (χ4v) is 2.79. The number of nitrogens with one attached hydrogen (secondary N) is 1. The Labute approximate surface area is 86.6 Å². The second kappa shape index (κ2) is 3.40. The lowest BCUT2D eigenvalue weighted by molar-refractivity contribution is 0.0755. The number of halogens is 1. The smallest absolute Gasteiger partial charge is 0.0911 e. The van der Waals surface area contributed by atoms with Crippen molar-refractivity contribution in [3.63, 3.8) is 0 Å². The highest BCUT2D eigenvalue weighted by Gasteiger charge is 2.48. The van der Waals surface area contributed by atoms with E-state index in [0.29, 0.717) is 4.05 Å². The molecule has 0 aromatic heterocycles. The Hall–Kier alpha value is 0.610. The van der Waals surface area contributed by atoms with Gasteiger partial charge >= 0.3 is 0 Å². The van der Waals surface area contributed by atoms with Crippen molar-refractivity contribution >= 4 is 22.6 Å². The second-order valence-corrected chi connectivity index (χ2v) is 4.91. The lowest BCUT2D eigenvalue weighted by Gasteiger charge is -2.34. The zero-order valence-electron chi connectivity index (χ0n) is 7.09. The summed E-state index contributed by atoms with van der Waals surface area (Å²) in [5.41, 5.74) is -0.349. The summed E-state index contributed by atoms with van der Waals surface area (Å²) in [5, 5.41) is 13.2. The van der Waals surface area contributed by atoms with Crippen LogP contribution in [0.2, 0.25) is 0 Å². The van der Waals surface area contributed by atoms with E-state index in [-0.39, 0.29) is 5.60 Å². The molecule has 1 atom stereocenters. The molecule has 0 radical (unpaired) electrons. The van der Waals surface area contributed by atoms with Crippen molar-refractivity contribution in [2.45, 2.75) is 22.5 Å². The molecule has 2 rings (SSSR count). The van der Waals surface area contributed by atoms with Crippen molar-refractivity contribution in [1.29, 1.82) is 0 Å². The van der Waals surface area contributed by atoms with Crippen LogP contribution in [0, 0.1) is 0 Å². The van der Waals surface area contributed by atoms with Crippen LogP contribution in [0.25, 0.3) is 0 Å². The Morgan fingerprint density at radius 3 is 2.42 bits per heavy atom. The predicted molar refractivity (Wildman–Crippen MR) is 56.4 cm³/mol. The molecule has 12 heavy (non-hydrogen) atoms. The zero-order chi connectivity index (χ0) is 8.60. The minimum Gasteiger partial charge on any atom is -0.387 e. The molecule has 0 spiro atoms. The van der Waals surface area contributed by atoms with Gasteiger partial charge in [-0.3, -0.25) is 4.90 Å². The average molecular weight is 282 g/mol. The summed E-state index contributed by atoms with van der Waals surface area (Å²) in [6.45, 7) is 4.29. The summed E-state index contributed by atoms with van der Waals surface area (Å²) in [6, 6.07) is 0. The van der Waals surface area contributed by atoms with Crippen LogP contribution in [-0.4, -0.2) is 45.8 Å². The van der Waals surface area contributed by atoms with Crippen LogP contribution in [0.15, 0.2) is 0 Å². The number of aliphatic hydroxyl groups is 1. The summed E-state index contributed by atoms with van der Waals surface area (Å²) in [5.74, 6) is 0. The predicted octanol–water partition coefficient (Wildman–Crippen LogP) is 0.178. The Bertz CT molecular complexity index is 166. The maximum Gasteiger partial charge on any atom is 0.0911 e. The molecule has 1 aliphatic carbocycles. The van der Waals surface area contributed by atoms with E-state index < -0.39 is 0 Å². The standard InChI is InChI=1S/C8H15IN2O/c9-7(8(12)1-2-8)11-5-3-10-4-6-11/h7,10,12H,1-6H2/t7-/m0/s1. The third-order valence-electron chi connectivity index (χ3n) is 2.68. The molecular weight excluding hydrogens is 267 g/mol. The van der Waals surface area contributed by atoms with Crippen LogP contribution in [-0.2, 0) is 0 Å². The first-order valence-electron chi connectivity index (χ1n) is 4.54. The molecular formula is C8H15IN2O. The molecule has 0 amide bonds. The van der Waals surface area contributed by atoms with E-state index in [2.05, 4.69) is 32.8 Å². The fraction of sp³-hybridized carbons (Fsp3) is 1.00. The molecule has 1 saturated heterocycles. The SMILES string of the molecule is OC1([C@@H](I)N2CCNCC2)CC1. The summed E-state index contributed by atoms with van der Waals surface area (Å²) < 4.78 is 0.331. The lowest BCUT2D eigenvalue weighted by atomic mass is 10.2. The van der Waals surface area contributed by atoms with Gasteiger partial charge in [-0.25, -0.2) is 0 Å². The van der Waals surface area contributed by atoms with E-state index in [4.69, 9.17) is 0 Å². The van der Waals surface area contributed by atoms with E-state index in [1.54, 1.807) is 0 Å². The van der Waals surface area contributed by atoms with E-state index in [1.807, 2.05) is 0 Å². The van der Waals surface area contributed by atoms with Gasteiger partial charge in [0.05, 0.1) is 9.65 Å². The number of hydrogen-bond donors (Lipinski definition) is 2. The Balaban J connectivity index is 1.89. The van der Waals surface area contributed by atoms with Gasteiger partial charge in [0.25, 0.3) is 0 Å². The summed E-state index contributed by atoms with van der Waals surface area (Å²) in [4.78, 5) is 2.38. The minimum atomic E-state index is -0.349. The van der Waals surface area contributed by atoms with Gasteiger partial charge in [-0.15, -0.1) is 0 Å². The normalized spacial score (nSPS) is 31.5. The molecule has 4 heteroatoms. The molecule has 2 aliphatic rings. The average Bonchev–Trinajstić information content (AvgIpc) is 2.85. The fourth-order valence-electron chi connectivity index (χ4n) is 1.61. The van der Waals surface area contributed by atoms with Crippen LogP contribution in [0.3, 0.4) is 0 Å². The maximum absolute atomic E-state index is 9.88. The minimum absolute atomic E-state index is 0.331. The van der Waals surface area contributed by atoms with Gasteiger partial charge in [0.2, 0.25) is 0 Å². The van der Waals surface area contributed by atoms with Gasteiger partial charge < -0.3 is 10.4 Å². The van der Waals surface area contributed by atoms with Gasteiger partial charge in [0, 0.05) is 26.2 Å². The quantitative estimate of drug-likeness (QED) is 0.431. The largest absolute Gasteiger partial charge is 0.387 e. The van der Waals surface area contributed by atoms with E-state index in [9.17, 15) is 5.11 Å².